The Morgan fingerprint density at radius 3 is 2.50 bits per heavy atom. The molecule has 0 unspecified atom stereocenters. The summed E-state index contributed by atoms with van der Waals surface area (Å²) in [4.78, 5) is 4.60. The second-order valence-corrected chi connectivity index (χ2v) is 5.87. The summed E-state index contributed by atoms with van der Waals surface area (Å²) in [6.07, 6.45) is 3.71. The molecule has 126 valence electrons. The van der Waals surface area contributed by atoms with Crippen LogP contribution >= 0.6 is 0 Å². The number of aromatic nitrogens is 6. The van der Waals surface area contributed by atoms with Gasteiger partial charge in [0, 0.05) is 17.4 Å². The highest BCUT2D eigenvalue weighted by molar-refractivity contribution is 6.03. The van der Waals surface area contributed by atoms with E-state index in [4.69, 9.17) is 4.74 Å². The molecule has 0 N–H and O–H groups in total. The second kappa shape index (κ2) is 5.66. The second-order valence-electron chi connectivity index (χ2n) is 5.87. The summed E-state index contributed by atoms with van der Waals surface area (Å²) in [7, 11) is 1.66. The van der Waals surface area contributed by atoms with Gasteiger partial charge in [0.2, 0.25) is 0 Å². The van der Waals surface area contributed by atoms with Crippen molar-refractivity contribution >= 4 is 16.7 Å². The molecule has 3 aromatic heterocycles. The maximum atomic E-state index is 5.27. The van der Waals surface area contributed by atoms with Crippen LogP contribution in [0.3, 0.4) is 0 Å². The number of ether oxygens (including phenoxy) is 1. The predicted octanol–water partition coefficient (Wildman–Crippen LogP) is 3.14. The van der Waals surface area contributed by atoms with Crippen LogP contribution < -0.4 is 4.74 Å². The van der Waals surface area contributed by atoms with Crippen LogP contribution in [0.15, 0.2) is 67.1 Å². The van der Waals surface area contributed by atoms with E-state index >= 15 is 0 Å². The molecule has 7 heteroatoms. The van der Waals surface area contributed by atoms with Crippen molar-refractivity contribution in [2.75, 3.05) is 7.11 Å². The summed E-state index contributed by atoms with van der Waals surface area (Å²) in [5, 5.41) is 12.9. The number of hydrogen-bond donors (Lipinski definition) is 0. The maximum Gasteiger partial charge on any atom is 0.192 e. The lowest BCUT2D eigenvalue weighted by atomic mass is 10.1. The molecule has 3 heterocycles. The zero-order chi connectivity index (χ0) is 17.5. The van der Waals surface area contributed by atoms with Gasteiger partial charge in [0.25, 0.3) is 0 Å². The summed E-state index contributed by atoms with van der Waals surface area (Å²) in [6, 6.07) is 18.0. The molecule has 0 aliphatic heterocycles. The van der Waals surface area contributed by atoms with E-state index in [0.29, 0.717) is 5.65 Å². The van der Waals surface area contributed by atoms with Gasteiger partial charge in [-0.15, -0.1) is 5.10 Å². The summed E-state index contributed by atoms with van der Waals surface area (Å²) in [6.45, 7) is 0. The van der Waals surface area contributed by atoms with Gasteiger partial charge in [-0.2, -0.15) is 4.52 Å². The Hall–Kier alpha value is -3.74. The molecule has 0 amide bonds. The van der Waals surface area contributed by atoms with E-state index in [9.17, 15) is 0 Å². The van der Waals surface area contributed by atoms with Crippen molar-refractivity contribution in [3.8, 4) is 22.6 Å². The Morgan fingerprint density at radius 2 is 1.73 bits per heavy atom. The van der Waals surface area contributed by atoms with Gasteiger partial charge in [-0.25, -0.2) is 4.98 Å². The molecule has 0 fully saturated rings. The van der Waals surface area contributed by atoms with Crippen molar-refractivity contribution in [3.05, 3.63) is 67.1 Å². The third-order valence-electron chi connectivity index (χ3n) is 4.42. The van der Waals surface area contributed by atoms with E-state index < -0.39 is 0 Å². The summed E-state index contributed by atoms with van der Waals surface area (Å²) < 4.78 is 8.92. The van der Waals surface area contributed by atoms with E-state index in [1.807, 2.05) is 54.6 Å². The van der Waals surface area contributed by atoms with Gasteiger partial charge in [0.15, 0.2) is 11.3 Å². The zero-order valence-electron chi connectivity index (χ0n) is 13.9. The lowest BCUT2D eigenvalue weighted by molar-refractivity contribution is 0.415. The Labute approximate surface area is 148 Å². The number of tetrazole rings is 1. The average molecular weight is 342 g/mol. The lowest BCUT2D eigenvalue weighted by Gasteiger charge is -2.03. The van der Waals surface area contributed by atoms with E-state index in [1.54, 1.807) is 18.0 Å². The van der Waals surface area contributed by atoms with E-state index in [0.717, 1.165) is 33.6 Å². The molecule has 0 aliphatic rings. The van der Waals surface area contributed by atoms with Gasteiger partial charge in [-0.05, 0) is 40.3 Å². The summed E-state index contributed by atoms with van der Waals surface area (Å²) in [5.74, 6) is 0.813. The zero-order valence-corrected chi connectivity index (χ0v) is 13.9. The van der Waals surface area contributed by atoms with E-state index in [1.165, 1.54) is 0 Å². The number of fused-ring (bicyclic) bond motifs is 3. The maximum absolute atomic E-state index is 5.27. The Balaban J connectivity index is 1.85. The number of hydrogen-bond acceptors (Lipinski definition) is 5. The molecule has 0 atom stereocenters. The van der Waals surface area contributed by atoms with Crippen LogP contribution in [0, 0.1) is 0 Å². The topological polar surface area (TPSA) is 70.1 Å². The first-order valence-electron chi connectivity index (χ1n) is 8.13. The molecule has 0 saturated carbocycles. The SMILES string of the molecule is COc1ccc(-c2cn(-c3ccccc3)c3ncn4nnnc4c23)cc1. The lowest BCUT2D eigenvalue weighted by Crippen LogP contribution is -1.96. The minimum atomic E-state index is 0.676. The number of benzene rings is 2. The molecule has 0 radical (unpaired) electrons. The predicted molar refractivity (Wildman–Crippen MR) is 97.4 cm³/mol. The Morgan fingerprint density at radius 1 is 0.923 bits per heavy atom. The molecule has 5 rings (SSSR count). The van der Waals surface area contributed by atoms with Crippen molar-refractivity contribution in [2.24, 2.45) is 0 Å². The number of methoxy groups -OCH3 is 1. The van der Waals surface area contributed by atoms with Gasteiger partial charge < -0.3 is 9.30 Å². The van der Waals surface area contributed by atoms with Gasteiger partial charge in [-0.1, -0.05) is 30.3 Å². The third-order valence-corrected chi connectivity index (χ3v) is 4.42. The fourth-order valence-corrected chi connectivity index (χ4v) is 3.16. The molecule has 0 bridgehead atoms. The monoisotopic (exact) mass is 342 g/mol. The van der Waals surface area contributed by atoms with Gasteiger partial charge in [0.05, 0.1) is 12.5 Å². The van der Waals surface area contributed by atoms with E-state index in [-0.39, 0.29) is 0 Å². The van der Waals surface area contributed by atoms with Crippen LogP contribution in [0.1, 0.15) is 0 Å². The minimum Gasteiger partial charge on any atom is -0.497 e. The largest absolute Gasteiger partial charge is 0.497 e. The van der Waals surface area contributed by atoms with Crippen molar-refractivity contribution in [3.63, 3.8) is 0 Å². The van der Waals surface area contributed by atoms with Crippen molar-refractivity contribution < 1.29 is 4.74 Å². The molecule has 0 saturated heterocycles. The van der Waals surface area contributed by atoms with E-state index in [2.05, 4.69) is 31.3 Å². The standard InChI is InChI=1S/C19H14N6O/c1-26-15-9-7-13(8-10-15)16-11-24(14-5-3-2-4-6-14)18-17(16)19-21-22-23-25(19)12-20-18/h2-12H,1H3. The van der Waals surface area contributed by atoms with Gasteiger partial charge in [-0.3, -0.25) is 0 Å². The summed E-state index contributed by atoms with van der Waals surface area (Å²) >= 11 is 0. The van der Waals surface area contributed by atoms with Crippen LogP contribution in [-0.2, 0) is 0 Å². The first-order valence-corrected chi connectivity index (χ1v) is 8.13. The third kappa shape index (κ3) is 2.14. The molecule has 7 nitrogen and oxygen atoms in total. The Kier molecular flexibility index (Phi) is 3.18. The minimum absolute atomic E-state index is 0.676. The molecular formula is C19H14N6O. The van der Waals surface area contributed by atoms with Crippen molar-refractivity contribution in [1.29, 1.82) is 0 Å². The van der Waals surface area contributed by atoms with Crippen molar-refractivity contribution in [1.82, 2.24) is 29.6 Å². The molecule has 0 aliphatic carbocycles. The summed E-state index contributed by atoms with van der Waals surface area (Å²) in [5.41, 5.74) is 4.57. The van der Waals surface area contributed by atoms with Crippen molar-refractivity contribution in [2.45, 2.75) is 0 Å². The number of nitrogens with zero attached hydrogens (tertiary/aromatic N) is 6. The molecule has 0 spiro atoms. The molecule has 26 heavy (non-hydrogen) atoms. The fourth-order valence-electron chi connectivity index (χ4n) is 3.16. The first-order chi connectivity index (χ1) is 12.8. The number of para-hydroxylation sites is 1. The molecule has 5 aromatic rings. The highest BCUT2D eigenvalue weighted by Gasteiger charge is 2.17. The molecular weight excluding hydrogens is 328 g/mol. The van der Waals surface area contributed by atoms with Crippen LogP contribution in [0.4, 0.5) is 0 Å². The van der Waals surface area contributed by atoms with Crippen LogP contribution in [0.2, 0.25) is 0 Å². The highest BCUT2D eigenvalue weighted by atomic mass is 16.5. The first kappa shape index (κ1) is 14.6. The smallest absolute Gasteiger partial charge is 0.192 e. The molecule has 2 aromatic carbocycles. The highest BCUT2D eigenvalue weighted by Crippen LogP contribution is 2.34. The quantitative estimate of drug-likeness (QED) is 0.504. The average Bonchev–Trinajstić information content (AvgIpc) is 3.33. The van der Waals surface area contributed by atoms with Crippen LogP contribution in [0.25, 0.3) is 33.5 Å². The normalized spacial score (nSPS) is 11.3. The van der Waals surface area contributed by atoms with Crippen LogP contribution in [-0.4, -0.2) is 36.7 Å². The fraction of sp³-hybridized carbons (Fsp3) is 0.0526. The van der Waals surface area contributed by atoms with Gasteiger partial charge in [0.1, 0.15) is 12.1 Å². The number of rotatable bonds is 3. The Bertz CT molecular complexity index is 1210. The van der Waals surface area contributed by atoms with Crippen LogP contribution in [0.5, 0.6) is 5.75 Å². The van der Waals surface area contributed by atoms with Gasteiger partial charge >= 0.3 is 0 Å².